The summed E-state index contributed by atoms with van der Waals surface area (Å²) in [5.41, 5.74) is 0.806. The van der Waals surface area contributed by atoms with E-state index in [4.69, 9.17) is 0 Å². The summed E-state index contributed by atoms with van der Waals surface area (Å²) in [5.74, 6) is 0.188. The molecule has 0 fully saturated rings. The molecule has 0 aliphatic heterocycles. The van der Waals surface area contributed by atoms with E-state index in [9.17, 15) is 4.79 Å². The van der Waals surface area contributed by atoms with Crippen LogP contribution in [-0.2, 0) is 0 Å². The molecule has 0 heterocycles. The van der Waals surface area contributed by atoms with Gasteiger partial charge in [0.25, 0.3) is 5.91 Å². The van der Waals surface area contributed by atoms with E-state index in [1.54, 1.807) is 0 Å². The largest absolute Gasteiger partial charge is 0.339 e. The first-order valence-corrected chi connectivity index (χ1v) is 10.5. The van der Waals surface area contributed by atoms with E-state index in [-0.39, 0.29) is 5.91 Å². The third-order valence-corrected chi connectivity index (χ3v) is 4.97. The number of rotatable bonds is 13. The van der Waals surface area contributed by atoms with Gasteiger partial charge in [0.2, 0.25) is 0 Å². The highest BCUT2D eigenvalue weighted by Gasteiger charge is 2.15. The molecular weight excluding hydrogens is 362 g/mol. The molecule has 0 saturated heterocycles. The Morgan fingerprint density at radius 1 is 0.792 bits per heavy atom. The highest BCUT2D eigenvalue weighted by Crippen LogP contribution is 2.14. The second kappa shape index (κ2) is 13.5. The first-order valence-electron chi connectivity index (χ1n) is 9.73. The van der Waals surface area contributed by atoms with E-state index in [1.807, 2.05) is 24.3 Å². The third-order valence-electron chi connectivity index (χ3n) is 4.44. The smallest absolute Gasteiger partial charge is 0.253 e. The highest BCUT2D eigenvalue weighted by atomic mass is 79.9. The first-order chi connectivity index (χ1) is 11.7. The molecule has 0 aliphatic carbocycles. The van der Waals surface area contributed by atoms with Crippen LogP contribution < -0.4 is 0 Å². The van der Waals surface area contributed by atoms with Gasteiger partial charge in [-0.3, -0.25) is 4.79 Å². The molecule has 1 aromatic rings. The molecule has 1 amide bonds. The number of unbranched alkanes of at least 4 members (excludes halogenated alkanes) is 8. The second-order valence-corrected chi connectivity index (χ2v) is 7.54. The fourth-order valence-corrected chi connectivity index (χ4v) is 3.17. The molecule has 0 spiro atoms. The van der Waals surface area contributed by atoms with Crippen molar-refractivity contribution in [3.8, 4) is 0 Å². The predicted octanol–water partition coefficient (Wildman–Crippen LogP) is 6.83. The van der Waals surface area contributed by atoms with Crippen LogP contribution in [0.25, 0.3) is 0 Å². The van der Waals surface area contributed by atoms with Gasteiger partial charge in [0.15, 0.2) is 0 Å². The van der Waals surface area contributed by atoms with Crippen LogP contribution in [0, 0.1) is 0 Å². The number of carbonyl (C=O) groups excluding carboxylic acids is 1. The van der Waals surface area contributed by atoms with E-state index in [2.05, 4.69) is 34.7 Å². The van der Waals surface area contributed by atoms with Crippen molar-refractivity contribution < 1.29 is 4.79 Å². The minimum atomic E-state index is 0.188. The molecule has 136 valence electrons. The number of hydrogen-bond acceptors (Lipinski definition) is 1. The van der Waals surface area contributed by atoms with E-state index in [1.165, 1.54) is 51.4 Å². The molecule has 0 bridgehead atoms. The SMILES string of the molecule is CCCCCCCN(CCCCCCC)C(=O)c1ccc(Br)cc1. The Morgan fingerprint density at radius 3 is 1.71 bits per heavy atom. The highest BCUT2D eigenvalue weighted by molar-refractivity contribution is 9.10. The lowest BCUT2D eigenvalue weighted by atomic mass is 10.1. The normalized spacial score (nSPS) is 10.8. The van der Waals surface area contributed by atoms with Crippen LogP contribution in [-0.4, -0.2) is 23.9 Å². The van der Waals surface area contributed by atoms with Crippen molar-refractivity contribution in [3.05, 3.63) is 34.3 Å². The number of hydrogen-bond donors (Lipinski definition) is 0. The van der Waals surface area contributed by atoms with E-state index < -0.39 is 0 Å². The van der Waals surface area contributed by atoms with Gasteiger partial charge in [-0.1, -0.05) is 81.1 Å². The van der Waals surface area contributed by atoms with Gasteiger partial charge in [-0.25, -0.2) is 0 Å². The van der Waals surface area contributed by atoms with Crippen LogP contribution in [0.2, 0.25) is 0 Å². The average Bonchev–Trinajstić information content (AvgIpc) is 2.59. The van der Waals surface area contributed by atoms with E-state index in [0.29, 0.717) is 0 Å². The fourth-order valence-electron chi connectivity index (χ4n) is 2.90. The van der Waals surface area contributed by atoms with Crippen molar-refractivity contribution in [1.29, 1.82) is 0 Å². The number of carbonyl (C=O) groups is 1. The van der Waals surface area contributed by atoms with Crippen molar-refractivity contribution in [2.45, 2.75) is 78.1 Å². The molecule has 0 N–H and O–H groups in total. The van der Waals surface area contributed by atoms with Crippen molar-refractivity contribution in [2.75, 3.05) is 13.1 Å². The molecule has 1 aromatic carbocycles. The molecule has 0 unspecified atom stereocenters. The summed E-state index contributed by atoms with van der Waals surface area (Å²) in [6.07, 6.45) is 12.4. The molecule has 2 nitrogen and oxygen atoms in total. The van der Waals surface area contributed by atoms with Crippen LogP contribution in [0.1, 0.15) is 88.4 Å². The predicted molar refractivity (Wildman–Crippen MR) is 108 cm³/mol. The van der Waals surface area contributed by atoms with Gasteiger partial charge in [0.05, 0.1) is 0 Å². The molecule has 1 rings (SSSR count). The van der Waals surface area contributed by atoms with Gasteiger partial charge < -0.3 is 4.90 Å². The minimum Gasteiger partial charge on any atom is -0.339 e. The summed E-state index contributed by atoms with van der Waals surface area (Å²) in [5, 5.41) is 0. The number of nitrogens with zero attached hydrogens (tertiary/aromatic N) is 1. The maximum atomic E-state index is 12.8. The Balaban J connectivity index is 2.51. The van der Waals surface area contributed by atoms with Crippen LogP contribution >= 0.6 is 15.9 Å². The van der Waals surface area contributed by atoms with Gasteiger partial charge in [-0.15, -0.1) is 0 Å². The van der Waals surface area contributed by atoms with Crippen LogP contribution in [0.4, 0.5) is 0 Å². The molecular formula is C21H34BrNO. The second-order valence-electron chi connectivity index (χ2n) is 6.63. The summed E-state index contributed by atoms with van der Waals surface area (Å²) in [6.45, 7) is 6.26. The average molecular weight is 396 g/mol. The maximum Gasteiger partial charge on any atom is 0.253 e. The lowest BCUT2D eigenvalue weighted by Gasteiger charge is -2.23. The Kier molecular flexibility index (Phi) is 11.9. The zero-order valence-electron chi connectivity index (χ0n) is 15.5. The molecule has 24 heavy (non-hydrogen) atoms. The maximum absolute atomic E-state index is 12.8. The van der Waals surface area contributed by atoms with Crippen LogP contribution in [0.3, 0.4) is 0 Å². The molecule has 0 radical (unpaired) electrons. The van der Waals surface area contributed by atoms with Gasteiger partial charge in [0.1, 0.15) is 0 Å². The molecule has 0 aliphatic rings. The molecule has 0 saturated carbocycles. The number of halogens is 1. The summed E-state index contributed by atoms with van der Waals surface area (Å²) < 4.78 is 1.02. The Bertz CT molecular complexity index is 430. The Labute approximate surface area is 157 Å². The fraction of sp³-hybridized carbons (Fsp3) is 0.667. The van der Waals surface area contributed by atoms with Gasteiger partial charge >= 0.3 is 0 Å². The van der Waals surface area contributed by atoms with Crippen molar-refractivity contribution >= 4 is 21.8 Å². The monoisotopic (exact) mass is 395 g/mol. The molecule has 0 aromatic heterocycles. The summed E-state index contributed by atoms with van der Waals surface area (Å²) in [4.78, 5) is 14.9. The van der Waals surface area contributed by atoms with Crippen LogP contribution in [0.15, 0.2) is 28.7 Å². The Hall–Kier alpha value is -0.830. The van der Waals surface area contributed by atoms with Crippen molar-refractivity contribution in [2.24, 2.45) is 0 Å². The summed E-state index contributed by atoms with van der Waals surface area (Å²) in [7, 11) is 0. The number of amides is 1. The third kappa shape index (κ3) is 8.86. The lowest BCUT2D eigenvalue weighted by molar-refractivity contribution is 0.0749. The van der Waals surface area contributed by atoms with Crippen LogP contribution in [0.5, 0.6) is 0 Å². The molecule has 0 atom stereocenters. The quantitative estimate of drug-likeness (QED) is 0.335. The number of benzene rings is 1. The lowest BCUT2D eigenvalue weighted by Crippen LogP contribution is -2.33. The first kappa shape index (κ1) is 21.2. The van der Waals surface area contributed by atoms with Gasteiger partial charge in [-0.05, 0) is 37.1 Å². The minimum absolute atomic E-state index is 0.188. The molecule has 3 heteroatoms. The standard InChI is InChI=1S/C21H34BrNO/c1-3-5-7-9-11-17-23(18-12-10-8-6-4-2)21(24)19-13-15-20(22)16-14-19/h13-16H,3-12,17-18H2,1-2H3. The van der Waals surface area contributed by atoms with Gasteiger partial charge in [-0.2, -0.15) is 0 Å². The Morgan fingerprint density at radius 2 is 1.25 bits per heavy atom. The van der Waals surface area contributed by atoms with E-state index in [0.717, 1.165) is 36.0 Å². The zero-order valence-corrected chi connectivity index (χ0v) is 17.1. The topological polar surface area (TPSA) is 20.3 Å². The van der Waals surface area contributed by atoms with Crippen molar-refractivity contribution in [1.82, 2.24) is 4.90 Å². The zero-order chi connectivity index (χ0) is 17.6. The van der Waals surface area contributed by atoms with E-state index >= 15 is 0 Å². The van der Waals surface area contributed by atoms with Gasteiger partial charge in [0, 0.05) is 23.1 Å². The summed E-state index contributed by atoms with van der Waals surface area (Å²) >= 11 is 3.44. The van der Waals surface area contributed by atoms with Crippen molar-refractivity contribution in [3.63, 3.8) is 0 Å². The summed E-state index contributed by atoms with van der Waals surface area (Å²) in [6, 6.07) is 7.75.